The van der Waals surface area contributed by atoms with Gasteiger partial charge in [-0.1, -0.05) is 0 Å². The lowest BCUT2D eigenvalue weighted by Gasteiger charge is -2.32. The van der Waals surface area contributed by atoms with Crippen LogP contribution in [0, 0.1) is 0 Å². The van der Waals surface area contributed by atoms with Crippen LogP contribution in [0.15, 0.2) is 24.7 Å². The van der Waals surface area contributed by atoms with Crippen molar-refractivity contribution in [1.82, 2.24) is 24.4 Å². The van der Waals surface area contributed by atoms with Crippen molar-refractivity contribution in [2.45, 2.75) is 58.2 Å². The Morgan fingerprint density at radius 2 is 1.77 bits per heavy atom. The van der Waals surface area contributed by atoms with E-state index in [0.29, 0.717) is 66.5 Å². The van der Waals surface area contributed by atoms with Crippen LogP contribution in [-0.2, 0) is 22.5 Å². The van der Waals surface area contributed by atoms with E-state index in [4.69, 9.17) is 34.6 Å². The zero-order valence-corrected chi connectivity index (χ0v) is 25.3. The fourth-order valence-electron chi connectivity index (χ4n) is 5.30. The van der Waals surface area contributed by atoms with E-state index in [-0.39, 0.29) is 6.54 Å². The molecular formula is C29H38N8O6. The summed E-state index contributed by atoms with van der Waals surface area (Å²) in [5.41, 5.74) is 7.36. The number of nitrogens with one attached hydrogen (secondary N) is 1. The topological polar surface area (TPSA) is 159 Å². The molecule has 2 amide bonds. The van der Waals surface area contributed by atoms with E-state index in [1.54, 1.807) is 32.6 Å². The molecule has 0 radical (unpaired) electrons. The molecule has 14 nitrogen and oxygen atoms in total. The lowest BCUT2D eigenvalue weighted by atomic mass is 10.1. The van der Waals surface area contributed by atoms with Gasteiger partial charge in [0.2, 0.25) is 17.6 Å². The lowest BCUT2D eigenvalue weighted by Crippen LogP contribution is -2.43. The van der Waals surface area contributed by atoms with Gasteiger partial charge in [-0.05, 0) is 40.0 Å². The molecule has 0 bridgehead atoms. The first-order chi connectivity index (χ1) is 20.5. The van der Waals surface area contributed by atoms with Crippen LogP contribution < -0.4 is 30.2 Å². The van der Waals surface area contributed by atoms with Crippen molar-refractivity contribution in [3.63, 3.8) is 0 Å². The van der Waals surface area contributed by atoms with Gasteiger partial charge in [0.15, 0.2) is 11.5 Å². The quantitative estimate of drug-likeness (QED) is 0.394. The zero-order valence-electron chi connectivity index (χ0n) is 25.3. The number of methoxy groups -OCH3 is 3. The maximum atomic E-state index is 12.9. The van der Waals surface area contributed by atoms with Crippen LogP contribution in [0.1, 0.15) is 44.9 Å². The zero-order chi connectivity index (χ0) is 30.9. The average molecular weight is 595 g/mol. The average Bonchev–Trinajstić information content (AvgIpc) is 3.65. The summed E-state index contributed by atoms with van der Waals surface area (Å²) in [4.78, 5) is 42.7. The van der Waals surface area contributed by atoms with Crippen molar-refractivity contribution in [3.05, 3.63) is 35.9 Å². The summed E-state index contributed by atoms with van der Waals surface area (Å²) >= 11 is 0. The van der Waals surface area contributed by atoms with Gasteiger partial charge in [-0.25, -0.2) is 14.8 Å². The number of carbonyl (C=O) groups excluding carboxylic acids is 2. The van der Waals surface area contributed by atoms with Crippen molar-refractivity contribution in [1.29, 1.82) is 0 Å². The first kappa shape index (κ1) is 29.7. The Hall–Kier alpha value is -4.75. The number of hydrogen-bond donors (Lipinski definition) is 2. The standard InChI is InChI=1S/C29H38N8O6/c1-29(2,3)43-28(39)35-11-9-18-19(14-35)32-27(37-10-7-8-20(37)25(30)38)34-26(18)33-23-15-36(16-31-23)17-12-21(40-4)24(42-6)22(13-17)41-5/h12-13,15-16,20H,7-11,14H2,1-6H3,(H2,30,38)(H,32,33,34)/t20-/m0/s1. The molecule has 1 saturated heterocycles. The van der Waals surface area contributed by atoms with Crippen molar-refractivity contribution >= 4 is 29.6 Å². The summed E-state index contributed by atoms with van der Waals surface area (Å²) in [7, 11) is 4.67. The molecule has 0 unspecified atom stereocenters. The van der Waals surface area contributed by atoms with Gasteiger partial charge in [-0.15, -0.1) is 0 Å². The highest BCUT2D eigenvalue weighted by Gasteiger charge is 2.34. The summed E-state index contributed by atoms with van der Waals surface area (Å²) in [5.74, 6) is 2.55. The van der Waals surface area contributed by atoms with Crippen molar-refractivity contribution in [3.8, 4) is 22.9 Å². The molecule has 0 saturated carbocycles. The minimum Gasteiger partial charge on any atom is -0.493 e. The maximum absolute atomic E-state index is 12.9. The van der Waals surface area contributed by atoms with Crippen LogP contribution in [0.3, 0.4) is 0 Å². The molecule has 3 N–H and O–H groups in total. The molecule has 2 aromatic heterocycles. The molecule has 230 valence electrons. The third-order valence-corrected chi connectivity index (χ3v) is 7.32. The highest BCUT2D eigenvalue weighted by molar-refractivity contribution is 5.83. The number of nitrogens with two attached hydrogens (primary N) is 1. The smallest absolute Gasteiger partial charge is 0.410 e. The number of primary amides is 1. The maximum Gasteiger partial charge on any atom is 0.410 e. The lowest BCUT2D eigenvalue weighted by molar-refractivity contribution is -0.119. The Bertz CT molecular complexity index is 1490. The number of hydrogen-bond acceptors (Lipinski definition) is 11. The van der Waals surface area contributed by atoms with Crippen LogP contribution in [0.2, 0.25) is 0 Å². The third-order valence-electron chi connectivity index (χ3n) is 7.32. The number of ether oxygens (including phenoxy) is 4. The first-order valence-corrected chi connectivity index (χ1v) is 14.1. The number of nitrogens with zero attached hydrogens (tertiary/aromatic N) is 6. The number of carbonyl (C=O) groups is 2. The molecule has 3 aromatic rings. The Morgan fingerprint density at radius 1 is 1.05 bits per heavy atom. The molecule has 2 aliphatic rings. The molecule has 1 atom stereocenters. The summed E-state index contributed by atoms with van der Waals surface area (Å²) in [6.45, 7) is 6.77. The van der Waals surface area contributed by atoms with Crippen LogP contribution >= 0.6 is 0 Å². The van der Waals surface area contributed by atoms with Gasteiger partial charge < -0.3 is 44.4 Å². The number of amides is 2. The molecule has 0 spiro atoms. The minimum absolute atomic E-state index is 0.239. The largest absolute Gasteiger partial charge is 0.493 e. The molecule has 43 heavy (non-hydrogen) atoms. The normalized spacial score (nSPS) is 16.5. The van der Waals surface area contributed by atoms with Crippen LogP contribution in [-0.4, -0.2) is 82.5 Å². The van der Waals surface area contributed by atoms with Crippen LogP contribution in [0.4, 0.5) is 22.4 Å². The van der Waals surface area contributed by atoms with E-state index in [0.717, 1.165) is 17.7 Å². The molecule has 1 aromatic carbocycles. The molecular weight excluding hydrogens is 556 g/mol. The SMILES string of the molecule is COc1cc(-n2cnc(Nc3nc(N4CCC[C@H]4C(N)=O)nc4c3CCN(C(=O)OC(C)(C)C)C4)c2)cc(OC)c1OC. The molecule has 4 heterocycles. The second-order valence-corrected chi connectivity index (χ2v) is 11.4. The van der Waals surface area contributed by atoms with Gasteiger partial charge in [-0.2, -0.15) is 4.98 Å². The number of anilines is 3. The van der Waals surface area contributed by atoms with Gasteiger partial charge in [0, 0.05) is 30.8 Å². The van der Waals surface area contributed by atoms with Crippen molar-refractivity contribution in [2.24, 2.45) is 5.73 Å². The minimum atomic E-state index is -0.623. The molecule has 0 aliphatic carbocycles. The van der Waals surface area contributed by atoms with E-state index in [1.807, 2.05) is 48.6 Å². The van der Waals surface area contributed by atoms with Crippen molar-refractivity contribution < 1.29 is 28.5 Å². The molecule has 14 heteroatoms. The van der Waals surface area contributed by atoms with Crippen LogP contribution in [0.25, 0.3) is 5.69 Å². The second kappa shape index (κ2) is 11.9. The predicted octanol–water partition coefficient (Wildman–Crippen LogP) is 3.18. The number of aromatic nitrogens is 4. The number of rotatable bonds is 8. The van der Waals surface area contributed by atoms with Crippen molar-refractivity contribution in [2.75, 3.05) is 44.6 Å². The third kappa shape index (κ3) is 6.22. The fourth-order valence-corrected chi connectivity index (χ4v) is 5.30. The van der Waals surface area contributed by atoms with E-state index in [9.17, 15) is 9.59 Å². The summed E-state index contributed by atoms with van der Waals surface area (Å²) in [6, 6.07) is 3.14. The second-order valence-electron chi connectivity index (χ2n) is 11.4. The Morgan fingerprint density at radius 3 is 2.40 bits per heavy atom. The van der Waals surface area contributed by atoms with Gasteiger partial charge in [0.1, 0.15) is 29.6 Å². The molecule has 2 aliphatic heterocycles. The number of fused-ring (bicyclic) bond motifs is 1. The van der Waals surface area contributed by atoms with Gasteiger partial charge in [0.05, 0.1) is 45.5 Å². The fraction of sp³-hybridized carbons (Fsp3) is 0.483. The summed E-state index contributed by atoms with van der Waals surface area (Å²) < 4.78 is 23.9. The first-order valence-electron chi connectivity index (χ1n) is 14.1. The van der Waals surface area contributed by atoms with E-state index >= 15 is 0 Å². The Kier molecular flexibility index (Phi) is 8.20. The summed E-state index contributed by atoms with van der Waals surface area (Å²) in [5, 5.41) is 3.34. The predicted molar refractivity (Wildman–Crippen MR) is 158 cm³/mol. The Labute approximate surface area is 250 Å². The number of imidazole rings is 1. The van der Waals surface area contributed by atoms with Crippen LogP contribution in [0.5, 0.6) is 17.2 Å². The highest BCUT2D eigenvalue weighted by atomic mass is 16.6. The van der Waals surface area contributed by atoms with E-state index in [2.05, 4.69) is 10.3 Å². The van der Waals surface area contributed by atoms with Gasteiger partial charge >= 0.3 is 6.09 Å². The van der Waals surface area contributed by atoms with E-state index < -0.39 is 23.6 Å². The molecule has 1 fully saturated rings. The van der Waals surface area contributed by atoms with Gasteiger partial charge in [0.25, 0.3) is 0 Å². The summed E-state index contributed by atoms with van der Waals surface area (Å²) in [6.07, 6.45) is 4.98. The molecule has 5 rings (SSSR count). The Balaban J connectivity index is 1.49. The van der Waals surface area contributed by atoms with E-state index in [1.165, 1.54) is 0 Å². The highest BCUT2D eigenvalue weighted by Crippen LogP contribution is 2.39. The van der Waals surface area contributed by atoms with Gasteiger partial charge in [-0.3, -0.25) is 4.79 Å². The number of benzene rings is 1. The monoisotopic (exact) mass is 594 g/mol.